The molecule has 0 spiro atoms. The Morgan fingerprint density at radius 2 is 2.24 bits per heavy atom. The number of nitro groups is 1. The van der Waals surface area contributed by atoms with Crippen molar-refractivity contribution in [3.63, 3.8) is 0 Å². The number of benzene rings is 1. The summed E-state index contributed by atoms with van der Waals surface area (Å²) in [6.07, 6.45) is 2.59. The second kappa shape index (κ2) is 6.22. The number of nitrogens with zero attached hydrogens (tertiary/aromatic N) is 2. The van der Waals surface area contributed by atoms with E-state index in [1.807, 2.05) is 0 Å². The largest absolute Gasteiger partial charge is 0.481 e. The molecular weight excluding hydrogens is 274 g/mol. The molecule has 1 aromatic carbocycles. The average Bonchev–Trinajstić information content (AvgIpc) is 2.46. The number of anilines is 1. The molecule has 1 saturated carbocycles. The number of para-hydroxylation sites is 1. The van der Waals surface area contributed by atoms with Gasteiger partial charge in [-0.3, -0.25) is 14.9 Å². The van der Waals surface area contributed by atoms with E-state index in [9.17, 15) is 14.9 Å². The molecule has 2 N–H and O–H groups in total. The van der Waals surface area contributed by atoms with Crippen LogP contribution < -0.4 is 5.32 Å². The van der Waals surface area contributed by atoms with Crippen LogP contribution in [0, 0.1) is 27.4 Å². The standard InChI is InChI=1S/C14H15N3O4/c15-8-10-4-2-6-12(13(10)17(20)21)16-11-5-1-3-9(7-11)14(18)19/h2,4,6,9,11,16H,1,3,5,7H2,(H,18,19). The number of hydrogen-bond acceptors (Lipinski definition) is 5. The van der Waals surface area contributed by atoms with E-state index in [0.717, 1.165) is 12.8 Å². The van der Waals surface area contributed by atoms with Crippen LogP contribution in [-0.4, -0.2) is 22.0 Å². The van der Waals surface area contributed by atoms with Gasteiger partial charge >= 0.3 is 11.7 Å². The van der Waals surface area contributed by atoms with Gasteiger partial charge in [0.1, 0.15) is 17.3 Å². The molecule has 1 aromatic rings. The van der Waals surface area contributed by atoms with Crippen LogP contribution in [0.2, 0.25) is 0 Å². The summed E-state index contributed by atoms with van der Waals surface area (Å²) in [6, 6.07) is 6.19. The van der Waals surface area contributed by atoms with Gasteiger partial charge in [0, 0.05) is 6.04 Å². The second-order valence-electron chi connectivity index (χ2n) is 5.11. The van der Waals surface area contributed by atoms with E-state index >= 15 is 0 Å². The predicted octanol–water partition coefficient (Wildman–Crippen LogP) is 2.52. The predicted molar refractivity (Wildman–Crippen MR) is 74.8 cm³/mol. The average molecular weight is 289 g/mol. The van der Waals surface area contributed by atoms with Crippen LogP contribution in [0.3, 0.4) is 0 Å². The summed E-state index contributed by atoms with van der Waals surface area (Å²) in [5.74, 6) is -1.25. The molecule has 0 amide bonds. The van der Waals surface area contributed by atoms with Gasteiger partial charge in [0.2, 0.25) is 0 Å². The summed E-state index contributed by atoms with van der Waals surface area (Å²) in [6.45, 7) is 0. The molecule has 7 heteroatoms. The van der Waals surface area contributed by atoms with E-state index in [0.29, 0.717) is 12.8 Å². The first-order valence-electron chi connectivity index (χ1n) is 6.69. The van der Waals surface area contributed by atoms with Gasteiger partial charge in [-0.15, -0.1) is 0 Å². The van der Waals surface area contributed by atoms with Crippen molar-refractivity contribution in [2.45, 2.75) is 31.7 Å². The Morgan fingerprint density at radius 1 is 1.48 bits per heavy atom. The first-order chi connectivity index (χ1) is 10.0. The number of nitro benzene ring substituents is 1. The molecule has 1 aliphatic carbocycles. The molecule has 7 nitrogen and oxygen atoms in total. The molecule has 2 unspecified atom stereocenters. The van der Waals surface area contributed by atoms with Crippen molar-refractivity contribution in [1.82, 2.24) is 0 Å². The highest BCUT2D eigenvalue weighted by molar-refractivity contribution is 5.71. The normalized spacial score (nSPS) is 21.3. The summed E-state index contributed by atoms with van der Waals surface area (Å²) in [7, 11) is 0. The van der Waals surface area contributed by atoms with Gasteiger partial charge in [-0.2, -0.15) is 5.26 Å². The van der Waals surface area contributed by atoms with E-state index in [4.69, 9.17) is 10.4 Å². The monoisotopic (exact) mass is 289 g/mol. The molecule has 0 bridgehead atoms. The third-order valence-corrected chi connectivity index (χ3v) is 3.72. The molecule has 0 saturated heterocycles. The Kier molecular flexibility index (Phi) is 4.38. The van der Waals surface area contributed by atoms with Crippen LogP contribution in [0.5, 0.6) is 0 Å². The Labute approximate surface area is 121 Å². The van der Waals surface area contributed by atoms with E-state index < -0.39 is 16.8 Å². The highest BCUT2D eigenvalue weighted by atomic mass is 16.6. The van der Waals surface area contributed by atoms with Crippen molar-refractivity contribution in [1.29, 1.82) is 5.26 Å². The summed E-state index contributed by atoms with van der Waals surface area (Å²) in [4.78, 5) is 21.6. The van der Waals surface area contributed by atoms with Crippen molar-refractivity contribution in [2.75, 3.05) is 5.32 Å². The summed E-state index contributed by atoms with van der Waals surface area (Å²) < 4.78 is 0. The molecule has 0 heterocycles. The Bertz CT molecular complexity index is 609. The fourth-order valence-electron chi connectivity index (χ4n) is 2.71. The van der Waals surface area contributed by atoms with Crippen LogP contribution in [0.4, 0.5) is 11.4 Å². The van der Waals surface area contributed by atoms with Crippen LogP contribution in [0.25, 0.3) is 0 Å². The van der Waals surface area contributed by atoms with Gasteiger partial charge in [0.15, 0.2) is 0 Å². The Hall–Kier alpha value is -2.62. The van der Waals surface area contributed by atoms with E-state index in [1.54, 1.807) is 18.2 Å². The highest BCUT2D eigenvalue weighted by Crippen LogP contribution is 2.32. The molecule has 1 fully saturated rings. The second-order valence-corrected chi connectivity index (χ2v) is 5.11. The van der Waals surface area contributed by atoms with Gasteiger partial charge in [-0.05, 0) is 31.4 Å². The lowest BCUT2D eigenvalue weighted by Gasteiger charge is -2.28. The zero-order valence-electron chi connectivity index (χ0n) is 11.3. The van der Waals surface area contributed by atoms with E-state index in [2.05, 4.69) is 5.32 Å². The van der Waals surface area contributed by atoms with Gasteiger partial charge in [0.05, 0.1) is 10.8 Å². The maximum atomic E-state index is 11.1. The molecule has 0 radical (unpaired) electrons. The van der Waals surface area contributed by atoms with Crippen molar-refractivity contribution >= 4 is 17.3 Å². The lowest BCUT2D eigenvalue weighted by molar-refractivity contribution is -0.384. The number of hydrogen-bond donors (Lipinski definition) is 2. The van der Waals surface area contributed by atoms with Crippen molar-refractivity contribution in [3.8, 4) is 6.07 Å². The van der Waals surface area contributed by atoms with Gasteiger partial charge in [0.25, 0.3) is 0 Å². The van der Waals surface area contributed by atoms with Crippen molar-refractivity contribution < 1.29 is 14.8 Å². The lowest BCUT2D eigenvalue weighted by atomic mass is 9.85. The SMILES string of the molecule is N#Cc1cccc(NC2CCCC(C(=O)O)C2)c1[N+](=O)[O-]. The van der Waals surface area contributed by atoms with Crippen LogP contribution in [0.15, 0.2) is 18.2 Å². The minimum atomic E-state index is -0.832. The van der Waals surface area contributed by atoms with E-state index in [1.165, 1.54) is 6.07 Å². The number of carboxylic acids is 1. The smallest absolute Gasteiger partial charge is 0.309 e. The number of carboxylic acid groups (broad SMARTS) is 1. The van der Waals surface area contributed by atoms with Crippen LogP contribution in [-0.2, 0) is 4.79 Å². The van der Waals surface area contributed by atoms with E-state index in [-0.39, 0.29) is 23.0 Å². The fourth-order valence-corrected chi connectivity index (χ4v) is 2.71. The Balaban J connectivity index is 2.22. The summed E-state index contributed by atoms with van der Waals surface area (Å²) >= 11 is 0. The molecule has 21 heavy (non-hydrogen) atoms. The Morgan fingerprint density at radius 3 is 2.86 bits per heavy atom. The molecule has 110 valence electrons. The fraction of sp³-hybridized carbons (Fsp3) is 0.429. The molecule has 0 aliphatic heterocycles. The third-order valence-electron chi connectivity index (χ3n) is 3.72. The molecule has 2 atom stereocenters. The number of aliphatic carboxylic acids is 1. The topological polar surface area (TPSA) is 116 Å². The van der Waals surface area contributed by atoms with Gasteiger partial charge < -0.3 is 10.4 Å². The first-order valence-corrected chi connectivity index (χ1v) is 6.69. The van der Waals surface area contributed by atoms with Gasteiger partial charge in [-0.25, -0.2) is 0 Å². The zero-order chi connectivity index (χ0) is 15.4. The quantitative estimate of drug-likeness (QED) is 0.649. The van der Waals surface area contributed by atoms with Crippen LogP contribution >= 0.6 is 0 Å². The third kappa shape index (κ3) is 3.28. The minimum absolute atomic E-state index is 0.00408. The maximum Gasteiger partial charge on any atom is 0.309 e. The zero-order valence-corrected chi connectivity index (χ0v) is 11.3. The van der Waals surface area contributed by atoms with Gasteiger partial charge in [-0.1, -0.05) is 12.5 Å². The summed E-state index contributed by atoms with van der Waals surface area (Å²) in [5, 5.41) is 32.2. The van der Waals surface area contributed by atoms with Crippen LogP contribution in [0.1, 0.15) is 31.2 Å². The molecular formula is C14H15N3O4. The molecule has 1 aliphatic rings. The minimum Gasteiger partial charge on any atom is -0.481 e. The first kappa shape index (κ1) is 14.8. The lowest BCUT2D eigenvalue weighted by Crippen LogP contribution is -2.31. The molecule has 2 rings (SSSR count). The number of nitrogens with one attached hydrogen (secondary N) is 1. The summed E-state index contributed by atoms with van der Waals surface area (Å²) in [5.41, 5.74) is 0.0168. The maximum absolute atomic E-state index is 11.1. The van der Waals surface area contributed by atoms with Crippen molar-refractivity contribution in [3.05, 3.63) is 33.9 Å². The highest BCUT2D eigenvalue weighted by Gasteiger charge is 2.29. The molecule has 0 aromatic heterocycles. The number of rotatable bonds is 4. The number of carbonyl (C=O) groups is 1. The van der Waals surface area contributed by atoms with Crippen molar-refractivity contribution in [2.24, 2.45) is 5.92 Å². The number of nitriles is 1.